The van der Waals surface area contributed by atoms with Crippen LogP contribution >= 0.6 is 6.72 Å². The molecule has 19 heteroatoms. The van der Waals surface area contributed by atoms with Crippen molar-refractivity contribution in [1.29, 1.82) is 0 Å². The SMILES string of the molecule is CC.CC=O.CNCCOCCOCCOCCOCCOCCN/C1=C(\N)c2ccccc2CN(C(=O)CCC(=O)NCCCCCCOP(O)(O)=S)c2ccccc21.CO. The molecule has 62 heavy (non-hydrogen) atoms. The van der Waals surface area contributed by atoms with Gasteiger partial charge in [-0.05, 0) is 50.2 Å². The van der Waals surface area contributed by atoms with Gasteiger partial charge in [0, 0.05) is 50.7 Å². The van der Waals surface area contributed by atoms with E-state index in [1.807, 2.05) is 69.4 Å². The maximum Gasteiger partial charge on any atom is 0.321 e. The van der Waals surface area contributed by atoms with Gasteiger partial charge in [-0.25, -0.2) is 0 Å². The van der Waals surface area contributed by atoms with Crippen LogP contribution in [0.25, 0.3) is 11.4 Å². The van der Waals surface area contributed by atoms with Gasteiger partial charge in [0.1, 0.15) is 6.29 Å². The number of benzene rings is 2. The Balaban J connectivity index is 0.00000501. The minimum absolute atomic E-state index is 0.0415. The summed E-state index contributed by atoms with van der Waals surface area (Å²) in [6, 6.07) is 15.4. The molecule has 2 aromatic carbocycles. The fourth-order valence-electron chi connectivity index (χ4n) is 5.63. The molecular formula is C43H74N5O12PS. The van der Waals surface area contributed by atoms with Gasteiger partial charge in [0.25, 0.3) is 0 Å². The second-order valence-corrected chi connectivity index (χ2v) is 15.5. The molecule has 0 saturated carbocycles. The summed E-state index contributed by atoms with van der Waals surface area (Å²) < 4.78 is 32.6. The molecule has 0 unspecified atom stereocenters. The predicted molar refractivity (Wildman–Crippen MR) is 248 cm³/mol. The molecule has 2 aromatic rings. The van der Waals surface area contributed by atoms with Gasteiger partial charge in [-0.15, -0.1) is 0 Å². The van der Waals surface area contributed by atoms with Gasteiger partial charge in [0.05, 0.1) is 96.3 Å². The highest BCUT2D eigenvalue weighted by molar-refractivity contribution is 8.06. The number of nitrogens with two attached hydrogens (primary N) is 1. The van der Waals surface area contributed by atoms with Crippen molar-refractivity contribution in [3.8, 4) is 0 Å². The standard InChI is InChI=1S/C38H60N5O10PS.C2H4O.C2H6.CH4O/c1-40-17-20-48-22-24-50-26-28-52-29-27-51-25-23-49-21-18-42-38-33-12-6-7-13-34(33)43(30-31-10-4-5-11-32(31)37(38)39)36(45)15-14-35(44)41-16-8-2-3-9-19-53-54(46,47)55;1-2-3;2*1-2/h4-7,10-13,40,42H,2-3,8-9,14-30,39H2,1H3,(H,41,44)(H2,46,47,55);2H,1H3;1-2H3;2H,1H3/b38-37-;;;. The number of anilines is 1. The van der Waals surface area contributed by atoms with Crippen molar-refractivity contribution in [2.75, 3.05) is 111 Å². The van der Waals surface area contributed by atoms with E-state index in [1.54, 1.807) is 4.90 Å². The zero-order valence-corrected chi connectivity index (χ0v) is 39.2. The third-order valence-electron chi connectivity index (χ3n) is 8.42. The van der Waals surface area contributed by atoms with Crippen LogP contribution in [0.2, 0.25) is 0 Å². The average molecular weight is 916 g/mol. The number of hydrogen-bond donors (Lipinski definition) is 7. The van der Waals surface area contributed by atoms with Crippen LogP contribution in [0.1, 0.15) is 76.0 Å². The third-order valence-corrected chi connectivity index (χ3v) is 9.26. The molecule has 0 atom stereocenters. The normalized spacial score (nSPS) is 13.0. The molecule has 0 fully saturated rings. The van der Waals surface area contributed by atoms with Crippen LogP contribution in [-0.2, 0) is 60.9 Å². The smallest absolute Gasteiger partial charge is 0.321 e. The number of carbonyl (C=O) groups is 3. The summed E-state index contributed by atoms with van der Waals surface area (Å²) in [5.74, 6) is -0.364. The summed E-state index contributed by atoms with van der Waals surface area (Å²) in [4.78, 5) is 55.2. The van der Waals surface area contributed by atoms with E-state index >= 15 is 0 Å². The number of carbonyl (C=O) groups excluding carboxylic acids is 3. The molecular weight excluding hydrogens is 842 g/mol. The maximum atomic E-state index is 13.8. The molecule has 1 heterocycles. The molecule has 0 spiro atoms. The number of nitrogens with one attached hydrogen (secondary N) is 3. The molecule has 0 radical (unpaired) electrons. The lowest BCUT2D eigenvalue weighted by Crippen LogP contribution is -2.35. The van der Waals surface area contributed by atoms with Crippen molar-refractivity contribution in [3.05, 3.63) is 65.2 Å². The Labute approximate surface area is 374 Å². The molecule has 2 amide bonds. The fraction of sp³-hybridized carbons (Fsp3) is 0.605. The molecule has 1 aliphatic rings. The van der Waals surface area contributed by atoms with Crippen LogP contribution in [0.3, 0.4) is 0 Å². The number of nitrogens with zero attached hydrogens (tertiary/aromatic N) is 1. The van der Waals surface area contributed by atoms with E-state index in [1.165, 1.54) is 6.92 Å². The maximum absolute atomic E-state index is 13.8. The van der Waals surface area contributed by atoms with E-state index in [-0.39, 0.29) is 31.3 Å². The third kappa shape index (κ3) is 27.6. The number of likely N-dealkylation sites (N-methyl/N-ethyl adjacent to an activating group) is 1. The summed E-state index contributed by atoms with van der Waals surface area (Å²) in [6.45, 7) is 9.10. The highest BCUT2D eigenvalue weighted by atomic mass is 32.5. The van der Waals surface area contributed by atoms with Gasteiger partial charge in [-0.2, -0.15) is 0 Å². The molecule has 0 bridgehead atoms. The first-order valence-corrected chi connectivity index (χ1v) is 23.8. The van der Waals surface area contributed by atoms with E-state index < -0.39 is 6.72 Å². The van der Waals surface area contributed by atoms with E-state index in [9.17, 15) is 9.59 Å². The Hall–Kier alpha value is -3.36. The second kappa shape index (κ2) is 39.2. The van der Waals surface area contributed by atoms with E-state index in [0.717, 1.165) is 55.9 Å². The van der Waals surface area contributed by atoms with E-state index in [0.29, 0.717) is 109 Å². The van der Waals surface area contributed by atoms with E-state index in [2.05, 4.69) is 27.8 Å². The number of aliphatic hydroxyl groups excluding tert-OH is 1. The molecule has 0 aliphatic carbocycles. The molecule has 8 N–H and O–H groups in total. The van der Waals surface area contributed by atoms with Gasteiger partial charge < -0.3 is 74.5 Å². The monoisotopic (exact) mass is 915 g/mol. The number of aliphatic hydroxyl groups is 1. The van der Waals surface area contributed by atoms with Crippen LogP contribution in [0.15, 0.2) is 48.5 Å². The lowest BCUT2D eigenvalue weighted by molar-refractivity contribution is -0.125. The zero-order valence-electron chi connectivity index (χ0n) is 37.4. The van der Waals surface area contributed by atoms with Crippen molar-refractivity contribution >= 4 is 53.7 Å². The van der Waals surface area contributed by atoms with Gasteiger partial charge in [-0.3, -0.25) is 9.59 Å². The van der Waals surface area contributed by atoms with Crippen molar-refractivity contribution < 1.29 is 57.5 Å². The first-order valence-electron chi connectivity index (χ1n) is 21.2. The Bertz CT molecular complexity index is 1550. The summed E-state index contributed by atoms with van der Waals surface area (Å²) >= 11 is 4.43. The quantitative estimate of drug-likeness (QED) is 0.0336. The zero-order chi connectivity index (χ0) is 46.3. The predicted octanol–water partition coefficient (Wildman–Crippen LogP) is 3.73. The Morgan fingerprint density at radius 1 is 0.742 bits per heavy atom. The minimum atomic E-state index is -3.61. The Kier molecular flexibility index (Phi) is 37.1. The van der Waals surface area contributed by atoms with Gasteiger partial charge in [0.15, 0.2) is 0 Å². The highest BCUT2D eigenvalue weighted by Gasteiger charge is 2.26. The van der Waals surface area contributed by atoms with Crippen LogP contribution < -0.4 is 26.6 Å². The molecule has 354 valence electrons. The number of ether oxygens (including phenoxy) is 5. The number of amides is 2. The lowest BCUT2D eigenvalue weighted by Gasteiger charge is -2.30. The Morgan fingerprint density at radius 3 is 1.81 bits per heavy atom. The number of fused-ring (bicyclic) bond motifs is 2. The fourth-order valence-corrected chi connectivity index (χ4v) is 6.22. The summed E-state index contributed by atoms with van der Waals surface area (Å²) in [6.07, 6.45) is 3.90. The van der Waals surface area contributed by atoms with Crippen molar-refractivity contribution in [2.45, 2.75) is 65.8 Å². The number of hydrogen-bond acceptors (Lipinski definition) is 14. The van der Waals surface area contributed by atoms with Crippen LogP contribution in [0, 0.1) is 0 Å². The van der Waals surface area contributed by atoms with Gasteiger partial charge in [-0.1, -0.05) is 69.2 Å². The summed E-state index contributed by atoms with van der Waals surface area (Å²) in [7, 11) is 2.89. The number of rotatable bonds is 30. The molecule has 1 aliphatic heterocycles. The Morgan fingerprint density at radius 2 is 1.24 bits per heavy atom. The summed E-state index contributed by atoms with van der Waals surface area (Å²) in [5.41, 5.74) is 11.3. The summed E-state index contributed by atoms with van der Waals surface area (Å²) in [5, 5.41) is 16.4. The number of para-hydroxylation sites is 1. The van der Waals surface area contributed by atoms with Crippen LogP contribution in [-0.4, -0.2) is 139 Å². The average Bonchev–Trinajstić information content (AvgIpc) is 3.27. The lowest BCUT2D eigenvalue weighted by atomic mass is 9.96. The van der Waals surface area contributed by atoms with Crippen molar-refractivity contribution in [1.82, 2.24) is 16.0 Å². The van der Waals surface area contributed by atoms with Crippen LogP contribution in [0.4, 0.5) is 5.69 Å². The first kappa shape index (κ1) is 58.6. The molecule has 0 saturated heterocycles. The van der Waals surface area contributed by atoms with Gasteiger partial charge >= 0.3 is 6.72 Å². The van der Waals surface area contributed by atoms with Crippen molar-refractivity contribution in [2.24, 2.45) is 5.73 Å². The van der Waals surface area contributed by atoms with Crippen molar-refractivity contribution in [3.63, 3.8) is 0 Å². The number of unbranched alkanes of at least 4 members (excludes halogenated alkanes) is 3. The molecule has 17 nitrogen and oxygen atoms in total. The molecule has 3 rings (SSSR count). The largest absolute Gasteiger partial charge is 0.400 e. The highest BCUT2D eigenvalue weighted by Crippen LogP contribution is 2.37. The number of aldehydes is 1. The second-order valence-electron chi connectivity index (χ2n) is 12.9. The van der Waals surface area contributed by atoms with Gasteiger partial charge in [0.2, 0.25) is 11.8 Å². The molecule has 0 aromatic heterocycles. The van der Waals surface area contributed by atoms with Crippen LogP contribution in [0.5, 0.6) is 0 Å². The first-order chi connectivity index (χ1) is 30.1. The minimum Gasteiger partial charge on any atom is -0.400 e. The topological polar surface area (TPSA) is 233 Å². The van der Waals surface area contributed by atoms with E-state index in [4.69, 9.17) is 53.6 Å².